The van der Waals surface area contributed by atoms with Gasteiger partial charge in [0.2, 0.25) is 0 Å². The topological polar surface area (TPSA) is 45.2 Å². The highest BCUT2D eigenvalue weighted by Gasteiger charge is 2.09. The van der Waals surface area contributed by atoms with Crippen molar-refractivity contribution in [3.8, 4) is 0 Å². The number of pyridine rings is 1. The first-order chi connectivity index (χ1) is 9.58. The van der Waals surface area contributed by atoms with E-state index in [1.807, 2.05) is 31.1 Å². The zero-order valence-electron chi connectivity index (χ0n) is 11.4. The molecule has 5 heteroatoms. The average Bonchev–Trinajstić information content (AvgIpc) is 2.45. The fraction of sp³-hybridized carbons (Fsp3) is 0.200. The Hall–Kier alpha value is -2.43. The molecule has 0 aliphatic heterocycles. The molecule has 0 atom stereocenters. The maximum atomic E-state index is 13.1. The van der Waals surface area contributed by atoms with Crippen LogP contribution in [-0.2, 0) is 6.54 Å². The maximum absolute atomic E-state index is 13.1. The quantitative estimate of drug-likeness (QED) is 0.929. The van der Waals surface area contributed by atoms with Crippen LogP contribution >= 0.6 is 0 Å². The molecule has 0 spiro atoms. The third-order valence-corrected chi connectivity index (χ3v) is 2.82. The van der Waals surface area contributed by atoms with E-state index in [2.05, 4.69) is 10.3 Å². The minimum absolute atomic E-state index is 0.306. The Morgan fingerprint density at radius 2 is 2.10 bits per heavy atom. The molecule has 0 aliphatic carbocycles. The molecule has 0 fully saturated rings. The first-order valence-electron chi connectivity index (χ1n) is 6.23. The second-order valence-electron chi connectivity index (χ2n) is 4.57. The molecule has 0 radical (unpaired) electrons. The number of anilines is 1. The molecular formula is C15H16FN3O. The van der Waals surface area contributed by atoms with E-state index in [0.29, 0.717) is 12.1 Å². The van der Waals surface area contributed by atoms with Gasteiger partial charge in [-0.1, -0.05) is 12.1 Å². The van der Waals surface area contributed by atoms with Crippen molar-refractivity contribution in [1.29, 1.82) is 0 Å². The average molecular weight is 273 g/mol. The normalized spacial score (nSPS) is 10.2. The first-order valence-corrected chi connectivity index (χ1v) is 6.23. The summed E-state index contributed by atoms with van der Waals surface area (Å²) in [6.45, 7) is 0.344. The van der Waals surface area contributed by atoms with E-state index in [1.165, 1.54) is 18.2 Å². The largest absolute Gasteiger partial charge is 0.362 e. The van der Waals surface area contributed by atoms with Crippen LogP contribution in [0.5, 0.6) is 0 Å². The zero-order chi connectivity index (χ0) is 14.5. The van der Waals surface area contributed by atoms with Crippen molar-refractivity contribution in [3.63, 3.8) is 0 Å². The van der Waals surface area contributed by atoms with Gasteiger partial charge in [0.25, 0.3) is 5.91 Å². The summed E-state index contributed by atoms with van der Waals surface area (Å²) in [6.07, 6.45) is 1.70. The first kappa shape index (κ1) is 14.0. The van der Waals surface area contributed by atoms with Crippen molar-refractivity contribution < 1.29 is 9.18 Å². The minimum atomic E-state index is -0.423. The standard InChI is InChI=1S/C15H16FN3O/c1-19(2)14-12(6-4-8-17-14)10-18-15(20)11-5-3-7-13(16)9-11/h3-9H,10H2,1-2H3,(H,18,20). The number of carbonyl (C=O) groups excluding carboxylic acids is 1. The molecule has 104 valence electrons. The van der Waals surface area contributed by atoms with Gasteiger partial charge in [-0.2, -0.15) is 0 Å². The molecule has 1 aromatic heterocycles. The monoisotopic (exact) mass is 273 g/mol. The summed E-state index contributed by atoms with van der Waals surface area (Å²) in [6, 6.07) is 9.33. The predicted molar refractivity (Wildman–Crippen MR) is 76.1 cm³/mol. The highest BCUT2D eigenvalue weighted by atomic mass is 19.1. The van der Waals surface area contributed by atoms with Crippen molar-refractivity contribution in [2.24, 2.45) is 0 Å². The molecule has 0 aliphatic rings. The third kappa shape index (κ3) is 3.32. The van der Waals surface area contributed by atoms with Gasteiger partial charge in [-0.25, -0.2) is 9.37 Å². The minimum Gasteiger partial charge on any atom is -0.362 e. The van der Waals surface area contributed by atoms with Crippen LogP contribution in [0.15, 0.2) is 42.6 Å². The van der Waals surface area contributed by atoms with Crippen LogP contribution in [0.2, 0.25) is 0 Å². The number of hydrogen-bond acceptors (Lipinski definition) is 3. The van der Waals surface area contributed by atoms with Crippen molar-refractivity contribution in [1.82, 2.24) is 10.3 Å². The number of aromatic nitrogens is 1. The molecule has 2 rings (SSSR count). The fourth-order valence-electron chi connectivity index (χ4n) is 1.88. The third-order valence-electron chi connectivity index (χ3n) is 2.82. The Morgan fingerprint density at radius 1 is 1.30 bits per heavy atom. The van der Waals surface area contributed by atoms with Gasteiger partial charge in [0, 0.05) is 38.0 Å². The van der Waals surface area contributed by atoms with Gasteiger partial charge in [-0.15, -0.1) is 0 Å². The predicted octanol–water partition coefficient (Wildman–Crippen LogP) is 2.22. The Bertz CT molecular complexity index is 614. The molecule has 4 nitrogen and oxygen atoms in total. The highest BCUT2D eigenvalue weighted by molar-refractivity contribution is 5.94. The number of halogens is 1. The van der Waals surface area contributed by atoms with Crippen molar-refractivity contribution in [2.75, 3.05) is 19.0 Å². The molecule has 1 aromatic carbocycles. The van der Waals surface area contributed by atoms with E-state index in [1.54, 1.807) is 12.3 Å². The number of hydrogen-bond donors (Lipinski definition) is 1. The van der Waals surface area contributed by atoms with E-state index in [9.17, 15) is 9.18 Å². The van der Waals surface area contributed by atoms with Crippen molar-refractivity contribution >= 4 is 11.7 Å². The van der Waals surface area contributed by atoms with Crippen LogP contribution in [-0.4, -0.2) is 25.0 Å². The Balaban J connectivity index is 2.07. The summed E-state index contributed by atoms with van der Waals surface area (Å²) in [4.78, 5) is 18.1. The van der Waals surface area contributed by atoms with Gasteiger partial charge in [-0.3, -0.25) is 4.79 Å². The van der Waals surface area contributed by atoms with E-state index in [0.717, 1.165) is 11.4 Å². The molecule has 2 aromatic rings. The van der Waals surface area contributed by atoms with E-state index in [-0.39, 0.29) is 5.91 Å². The molecule has 0 unspecified atom stereocenters. The number of rotatable bonds is 4. The van der Waals surface area contributed by atoms with Gasteiger partial charge in [0.15, 0.2) is 0 Å². The van der Waals surface area contributed by atoms with Crippen LogP contribution in [0.1, 0.15) is 15.9 Å². The molecule has 20 heavy (non-hydrogen) atoms. The lowest BCUT2D eigenvalue weighted by Crippen LogP contribution is -2.24. The molecule has 1 N–H and O–H groups in total. The number of amides is 1. The zero-order valence-corrected chi connectivity index (χ0v) is 11.4. The SMILES string of the molecule is CN(C)c1ncccc1CNC(=O)c1cccc(F)c1. The lowest BCUT2D eigenvalue weighted by Gasteiger charge is -2.16. The smallest absolute Gasteiger partial charge is 0.251 e. The van der Waals surface area contributed by atoms with Crippen molar-refractivity contribution in [3.05, 3.63) is 59.5 Å². The summed E-state index contributed by atoms with van der Waals surface area (Å²) in [5.41, 5.74) is 1.21. The van der Waals surface area contributed by atoms with Gasteiger partial charge in [0.05, 0.1) is 0 Å². The van der Waals surface area contributed by atoms with Crippen LogP contribution in [0.4, 0.5) is 10.2 Å². The van der Waals surface area contributed by atoms with Crippen LogP contribution < -0.4 is 10.2 Å². The Morgan fingerprint density at radius 3 is 2.80 bits per heavy atom. The number of benzene rings is 1. The second kappa shape index (κ2) is 6.14. The van der Waals surface area contributed by atoms with Gasteiger partial charge in [0.1, 0.15) is 11.6 Å². The second-order valence-corrected chi connectivity index (χ2v) is 4.57. The van der Waals surface area contributed by atoms with Crippen LogP contribution in [0, 0.1) is 5.82 Å². The number of nitrogens with one attached hydrogen (secondary N) is 1. The molecule has 0 bridgehead atoms. The Kier molecular flexibility index (Phi) is 4.30. The number of nitrogens with zero attached hydrogens (tertiary/aromatic N) is 2. The van der Waals surface area contributed by atoms with E-state index >= 15 is 0 Å². The van der Waals surface area contributed by atoms with Crippen LogP contribution in [0.3, 0.4) is 0 Å². The van der Waals surface area contributed by atoms with Crippen molar-refractivity contribution in [2.45, 2.75) is 6.54 Å². The molecule has 0 saturated heterocycles. The lowest BCUT2D eigenvalue weighted by atomic mass is 10.2. The van der Waals surface area contributed by atoms with Crippen LogP contribution in [0.25, 0.3) is 0 Å². The molecule has 1 amide bonds. The van der Waals surface area contributed by atoms with E-state index in [4.69, 9.17) is 0 Å². The fourth-order valence-corrected chi connectivity index (χ4v) is 1.88. The van der Waals surface area contributed by atoms with Gasteiger partial charge < -0.3 is 10.2 Å². The molecule has 1 heterocycles. The summed E-state index contributed by atoms with van der Waals surface area (Å²) in [5.74, 6) is 0.0677. The Labute approximate surface area is 117 Å². The number of carbonyl (C=O) groups is 1. The van der Waals surface area contributed by atoms with Gasteiger partial charge >= 0.3 is 0 Å². The summed E-state index contributed by atoms with van der Waals surface area (Å²) >= 11 is 0. The lowest BCUT2D eigenvalue weighted by molar-refractivity contribution is 0.0950. The summed E-state index contributed by atoms with van der Waals surface area (Å²) in [7, 11) is 3.78. The van der Waals surface area contributed by atoms with Gasteiger partial charge in [-0.05, 0) is 24.3 Å². The highest BCUT2D eigenvalue weighted by Crippen LogP contribution is 2.14. The maximum Gasteiger partial charge on any atom is 0.251 e. The summed E-state index contributed by atoms with van der Waals surface area (Å²) < 4.78 is 13.1. The molecular weight excluding hydrogens is 257 g/mol. The summed E-state index contributed by atoms with van der Waals surface area (Å²) in [5, 5.41) is 2.77. The molecule has 0 saturated carbocycles. The van der Waals surface area contributed by atoms with E-state index < -0.39 is 5.82 Å².